The quantitative estimate of drug-likeness (QED) is 0.909. The Morgan fingerprint density at radius 1 is 1.25 bits per heavy atom. The smallest absolute Gasteiger partial charge is 0.252 e. The number of nitrogens with zero attached hydrogens (tertiary/aromatic N) is 3. The topological polar surface area (TPSA) is 84.8 Å². The predicted octanol–water partition coefficient (Wildman–Crippen LogP) is 2.12. The Hall–Kier alpha value is -1.67. The Morgan fingerprint density at radius 2 is 2.00 bits per heavy atom. The molecule has 0 radical (unpaired) electrons. The normalized spacial score (nSPS) is 22.3. The van der Waals surface area contributed by atoms with E-state index in [1.807, 2.05) is 13.8 Å². The zero-order valence-corrected chi connectivity index (χ0v) is 12.2. The molecule has 5 nitrogen and oxygen atoms in total. The minimum atomic E-state index is -0.0534. The fourth-order valence-corrected chi connectivity index (χ4v) is 2.77. The van der Waals surface area contributed by atoms with Crippen LogP contribution in [0, 0.1) is 11.3 Å². The Balaban J connectivity index is 2.30. The molecule has 0 aromatic carbocycles. The number of hydrogen-bond donors (Lipinski definition) is 1. The van der Waals surface area contributed by atoms with Crippen LogP contribution in [0.3, 0.4) is 0 Å². The number of ether oxygens (including phenoxy) is 1. The Labute approximate surface area is 120 Å². The summed E-state index contributed by atoms with van der Waals surface area (Å²) in [7, 11) is 0. The Kier molecular flexibility index (Phi) is 4.91. The Bertz CT molecular complexity index is 509. The zero-order chi connectivity index (χ0) is 14.5. The van der Waals surface area contributed by atoms with Gasteiger partial charge in [0.15, 0.2) is 0 Å². The third kappa shape index (κ3) is 2.91. The first-order valence-electron chi connectivity index (χ1n) is 7.42. The van der Waals surface area contributed by atoms with Crippen LogP contribution < -0.4 is 10.5 Å². The van der Waals surface area contributed by atoms with Crippen LogP contribution in [0.25, 0.3) is 0 Å². The van der Waals surface area contributed by atoms with Gasteiger partial charge in [-0.25, -0.2) is 0 Å². The lowest BCUT2D eigenvalue weighted by Gasteiger charge is -2.28. The molecule has 1 heterocycles. The van der Waals surface area contributed by atoms with Crippen molar-refractivity contribution in [1.82, 2.24) is 10.2 Å². The lowest BCUT2D eigenvalue weighted by Crippen LogP contribution is -2.41. The molecule has 0 saturated heterocycles. The second kappa shape index (κ2) is 6.67. The highest BCUT2D eigenvalue weighted by Crippen LogP contribution is 2.26. The van der Waals surface area contributed by atoms with E-state index in [9.17, 15) is 5.26 Å². The molecule has 1 aromatic rings. The van der Waals surface area contributed by atoms with E-state index in [1.54, 1.807) is 0 Å². The summed E-state index contributed by atoms with van der Waals surface area (Å²) in [5.74, 6) is 0.351. The molecular formula is C15H22N4O. The van der Waals surface area contributed by atoms with Gasteiger partial charge in [-0.1, -0.05) is 20.3 Å². The summed E-state index contributed by atoms with van der Waals surface area (Å²) < 4.78 is 5.91. The van der Waals surface area contributed by atoms with Gasteiger partial charge in [0.2, 0.25) is 0 Å². The van der Waals surface area contributed by atoms with Crippen molar-refractivity contribution in [1.29, 1.82) is 5.26 Å². The largest absolute Gasteiger partial charge is 0.471 e. The molecule has 1 aliphatic rings. The molecule has 1 saturated carbocycles. The molecule has 108 valence electrons. The summed E-state index contributed by atoms with van der Waals surface area (Å²) >= 11 is 0. The predicted molar refractivity (Wildman–Crippen MR) is 76.4 cm³/mol. The highest BCUT2D eigenvalue weighted by Gasteiger charge is 2.26. The van der Waals surface area contributed by atoms with Crippen LogP contribution in [0.2, 0.25) is 0 Å². The lowest BCUT2D eigenvalue weighted by molar-refractivity contribution is 0.125. The van der Waals surface area contributed by atoms with Crippen LogP contribution >= 0.6 is 0 Å². The van der Waals surface area contributed by atoms with Crippen molar-refractivity contribution in [3.63, 3.8) is 0 Å². The van der Waals surface area contributed by atoms with Gasteiger partial charge in [0.05, 0.1) is 5.69 Å². The highest BCUT2D eigenvalue weighted by molar-refractivity contribution is 5.46. The van der Waals surface area contributed by atoms with E-state index in [2.05, 4.69) is 16.3 Å². The lowest BCUT2D eigenvalue weighted by atomic mass is 9.93. The number of rotatable bonds is 4. The molecule has 1 aromatic heterocycles. The summed E-state index contributed by atoms with van der Waals surface area (Å²) in [6.07, 6.45) is 5.62. The minimum Gasteiger partial charge on any atom is -0.471 e. The molecule has 0 bridgehead atoms. The molecule has 0 spiro atoms. The number of aryl methyl sites for hydroxylation is 1. The zero-order valence-electron chi connectivity index (χ0n) is 12.2. The van der Waals surface area contributed by atoms with E-state index in [0.29, 0.717) is 11.4 Å². The van der Waals surface area contributed by atoms with Crippen LogP contribution in [0.15, 0.2) is 0 Å². The van der Waals surface area contributed by atoms with Crippen molar-refractivity contribution in [3.8, 4) is 11.9 Å². The third-order valence-electron chi connectivity index (χ3n) is 3.94. The van der Waals surface area contributed by atoms with Gasteiger partial charge < -0.3 is 10.5 Å². The van der Waals surface area contributed by atoms with Crippen LogP contribution in [-0.2, 0) is 12.8 Å². The Morgan fingerprint density at radius 3 is 2.60 bits per heavy atom. The molecule has 0 aliphatic heterocycles. The van der Waals surface area contributed by atoms with Crippen molar-refractivity contribution < 1.29 is 4.74 Å². The number of hydrogen-bond acceptors (Lipinski definition) is 5. The first-order valence-corrected chi connectivity index (χ1v) is 7.42. The van der Waals surface area contributed by atoms with Gasteiger partial charge in [0.25, 0.3) is 5.88 Å². The van der Waals surface area contributed by atoms with Gasteiger partial charge in [-0.15, -0.1) is 5.10 Å². The van der Waals surface area contributed by atoms with Crippen molar-refractivity contribution in [2.45, 2.75) is 64.5 Å². The molecule has 20 heavy (non-hydrogen) atoms. The van der Waals surface area contributed by atoms with Crippen molar-refractivity contribution >= 4 is 0 Å². The SMILES string of the molecule is CCc1nnc(OC2CCCCC2N)c(C#N)c1CC. The molecule has 1 aliphatic carbocycles. The van der Waals surface area contributed by atoms with E-state index in [1.165, 1.54) is 0 Å². The van der Waals surface area contributed by atoms with Gasteiger partial charge >= 0.3 is 0 Å². The fraction of sp³-hybridized carbons (Fsp3) is 0.667. The van der Waals surface area contributed by atoms with Gasteiger partial charge in [0.1, 0.15) is 17.7 Å². The maximum Gasteiger partial charge on any atom is 0.252 e. The molecule has 2 unspecified atom stereocenters. The molecular weight excluding hydrogens is 252 g/mol. The number of nitriles is 1. The van der Waals surface area contributed by atoms with E-state index in [-0.39, 0.29) is 12.1 Å². The van der Waals surface area contributed by atoms with Gasteiger partial charge in [0, 0.05) is 6.04 Å². The molecule has 2 atom stereocenters. The van der Waals surface area contributed by atoms with Crippen LogP contribution in [0.1, 0.15) is 56.4 Å². The molecule has 0 amide bonds. The maximum atomic E-state index is 9.42. The van der Waals surface area contributed by atoms with Gasteiger partial charge in [-0.2, -0.15) is 10.4 Å². The maximum absolute atomic E-state index is 9.42. The van der Waals surface area contributed by atoms with Crippen LogP contribution in [0.5, 0.6) is 5.88 Å². The second-order valence-corrected chi connectivity index (χ2v) is 5.23. The first kappa shape index (κ1) is 14.7. The van der Waals surface area contributed by atoms with Crippen molar-refractivity contribution in [2.24, 2.45) is 5.73 Å². The summed E-state index contributed by atoms with van der Waals surface area (Å²) in [4.78, 5) is 0. The summed E-state index contributed by atoms with van der Waals surface area (Å²) in [5, 5.41) is 17.7. The van der Waals surface area contributed by atoms with Crippen molar-refractivity contribution in [3.05, 3.63) is 16.8 Å². The average Bonchev–Trinajstić information content (AvgIpc) is 2.48. The first-order chi connectivity index (χ1) is 9.71. The summed E-state index contributed by atoms with van der Waals surface area (Å²) in [5.41, 5.74) is 8.44. The van der Waals surface area contributed by atoms with Crippen LogP contribution in [0.4, 0.5) is 0 Å². The third-order valence-corrected chi connectivity index (χ3v) is 3.94. The minimum absolute atomic E-state index is 0.0213. The summed E-state index contributed by atoms with van der Waals surface area (Å²) in [6, 6.07) is 2.25. The van der Waals surface area contributed by atoms with Gasteiger partial charge in [-0.05, 0) is 37.7 Å². The van der Waals surface area contributed by atoms with E-state index < -0.39 is 0 Å². The average molecular weight is 274 g/mol. The number of nitrogens with two attached hydrogens (primary N) is 1. The summed E-state index contributed by atoms with van der Waals surface area (Å²) in [6.45, 7) is 4.04. The monoisotopic (exact) mass is 274 g/mol. The molecule has 1 fully saturated rings. The number of aromatic nitrogens is 2. The van der Waals surface area contributed by atoms with Crippen LogP contribution in [-0.4, -0.2) is 22.3 Å². The highest BCUT2D eigenvalue weighted by atomic mass is 16.5. The molecule has 2 N–H and O–H groups in total. The fourth-order valence-electron chi connectivity index (χ4n) is 2.77. The van der Waals surface area contributed by atoms with E-state index in [0.717, 1.165) is 49.8 Å². The second-order valence-electron chi connectivity index (χ2n) is 5.23. The van der Waals surface area contributed by atoms with Crippen molar-refractivity contribution in [2.75, 3.05) is 0 Å². The molecule has 5 heteroatoms. The van der Waals surface area contributed by atoms with E-state index >= 15 is 0 Å². The molecule has 2 rings (SSSR count). The standard InChI is InChI=1S/C15H22N4O/c1-3-10-11(9-16)15(19-18-13(10)4-2)20-14-8-6-5-7-12(14)17/h12,14H,3-8,17H2,1-2H3. The van der Waals surface area contributed by atoms with Gasteiger partial charge in [-0.3, -0.25) is 0 Å². The van der Waals surface area contributed by atoms with E-state index in [4.69, 9.17) is 10.5 Å².